The Labute approximate surface area is 182 Å². The minimum Gasteiger partial charge on any atom is -0.393 e. The van der Waals surface area contributed by atoms with Crippen molar-refractivity contribution in [3.05, 3.63) is 24.3 Å². The van der Waals surface area contributed by atoms with Gasteiger partial charge in [0, 0.05) is 12.8 Å². The minimum atomic E-state index is -1.75. The fourth-order valence-electron chi connectivity index (χ4n) is 4.66. The van der Waals surface area contributed by atoms with Crippen LogP contribution < -0.4 is 0 Å². The maximum absolute atomic E-state index is 10.7. The molecule has 5 atom stereocenters. The average Bonchev–Trinajstić information content (AvgIpc) is 2.94. The first-order valence-electron chi connectivity index (χ1n) is 12.2. The first-order valence-corrected chi connectivity index (χ1v) is 12.2. The maximum Gasteiger partial charge on any atom is 0.215 e. The standard InChI is InChI=1S/C25H44O5/c1-2-3-4-5-6-7-8-9-10-11-12-13-14-15-21(26)18-23-20-24(28)19-22(27)16-17-25(24,29)30-23/h7-8,16-17,21-23,26-29H,2-6,9-15,18-20H2,1H3/b8-7-/t21?,22-,23-,24+,25?/m1/s1. The van der Waals surface area contributed by atoms with E-state index in [9.17, 15) is 20.4 Å². The van der Waals surface area contributed by atoms with Crippen LogP contribution in [0.25, 0.3) is 0 Å². The number of unbranched alkanes of at least 4 members (excludes halogenated alkanes) is 9. The van der Waals surface area contributed by atoms with Gasteiger partial charge in [-0.25, -0.2) is 0 Å². The molecule has 1 aliphatic carbocycles. The van der Waals surface area contributed by atoms with Crippen molar-refractivity contribution in [2.24, 2.45) is 0 Å². The van der Waals surface area contributed by atoms with Crippen molar-refractivity contribution in [3.8, 4) is 0 Å². The highest BCUT2D eigenvalue weighted by Crippen LogP contribution is 2.45. The van der Waals surface area contributed by atoms with Gasteiger partial charge >= 0.3 is 0 Å². The zero-order chi connectivity index (χ0) is 21.9. The third-order valence-electron chi connectivity index (χ3n) is 6.50. The van der Waals surface area contributed by atoms with E-state index >= 15 is 0 Å². The van der Waals surface area contributed by atoms with Crippen molar-refractivity contribution in [2.75, 3.05) is 0 Å². The Morgan fingerprint density at radius 2 is 1.60 bits per heavy atom. The SMILES string of the molecule is CCCCCC/C=C\CCCCCCCC(O)C[C@@H]1C[C@@]2(O)C[C@H](O)C=CC2(O)O1. The third-order valence-corrected chi connectivity index (χ3v) is 6.50. The molecule has 0 aromatic carbocycles. The summed E-state index contributed by atoms with van der Waals surface area (Å²) in [5, 5.41) is 41.2. The molecule has 2 rings (SSSR count). The highest BCUT2D eigenvalue weighted by Gasteiger charge is 2.59. The number of rotatable bonds is 15. The molecule has 0 aromatic rings. The molecule has 1 aliphatic heterocycles. The van der Waals surface area contributed by atoms with Crippen LogP contribution in [0.1, 0.15) is 103 Å². The lowest BCUT2D eigenvalue weighted by molar-refractivity contribution is -0.242. The second-order valence-electron chi connectivity index (χ2n) is 9.36. The highest BCUT2D eigenvalue weighted by atomic mass is 16.7. The van der Waals surface area contributed by atoms with Gasteiger partial charge in [-0.1, -0.05) is 70.1 Å². The first-order chi connectivity index (χ1) is 14.4. The summed E-state index contributed by atoms with van der Waals surface area (Å²) in [7, 11) is 0. The molecule has 0 bridgehead atoms. The second-order valence-corrected chi connectivity index (χ2v) is 9.36. The Balaban J connectivity index is 1.48. The molecular weight excluding hydrogens is 380 g/mol. The van der Waals surface area contributed by atoms with E-state index < -0.39 is 29.7 Å². The monoisotopic (exact) mass is 424 g/mol. The first kappa shape index (κ1) is 25.5. The number of ether oxygens (including phenoxy) is 1. The van der Waals surface area contributed by atoms with Gasteiger partial charge in [-0.2, -0.15) is 0 Å². The Kier molecular flexibility index (Phi) is 11.0. The van der Waals surface area contributed by atoms with Gasteiger partial charge in [-0.05, 0) is 44.6 Å². The molecule has 0 radical (unpaired) electrons. The van der Waals surface area contributed by atoms with Crippen LogP contribution in [0.3, 0.4) is 0 Å². The molecule has 0 spiro atoms. The average molecular weight is 425 g/mol. The van der Waals surface area contributed by atoms with E-state index in [4.69, 9.17) is 4.74 Å². The lowest BCUT2D eigenvalue weighted by atomic mass is 9.80. The molecule has 0 aromatic heterocycles. The van der Waals surface area contributed by atoms with Crippen molar-refractivity contribution >= 4 is 0 Å². The summed E-state index contributed by atoms with van der Waals surface area (Å²) in [4.78, 5) is 0. The number of allylic oxidation sites excluding steroid dienone is 2. The van der Waals surface area contributed by atoms with Gasteiger partial charge in [-0.15, -0.1) is 0 Å². The number of fused-ring (bicyclic) bond motifs is 1. The van der Waals surface area contributed by atoms with Crippen molar-refractivity contribution in [2.45, 2.75) is 133 Å². The summed E-state index contributed by atoms with van der Waals surface area (Å²) in [5.74, 6) is -1.75. The molecule has 2 aliphatic rings. The van der Waals surface area contributed by atoms with Crippen LogP contribution in [0, 0.1) is 0 Å². The van der Waals surface area contributed by atoms with E-state index in [-0.39, 0.29) is 12.8 Å². The van der Waals surface area contributed by atoms with Gasteiger partial charge in [0.2, 0.25) is 5.79 Å². The topological polar surface area (TPSA) is 90.2 Å². The second kappa shape index (κ2) is 13.0. The molecule has 0 amide bonds. The van der Waals surface area contributed by atoms with Crippen LogP contribution in [0.15, 0.2) is 24.3 Å². The van der Waals surface area contributed by atoms with Gasteiger partial charge in [-0.3, -0.25) is 0 Å². The Hall–Kier alpha value is -0.720. The fourth-order valence-corrected chi connectivity index (χ4v) is 4.66. The zero-order valence-electron chi connectivity index (χ0n) is 18.8. The van der Waals surface area contributed by atoms with E-state index in [0.717, 1.165) is 12.8 Å². The van der Waals surface area contributed by atoms with Crippen LogP contribution >= 0.6 is 0 Å². The minimum absolute atomic E-state index is 0.0562. The molecule has 0 saturated carbocycles. The van der Waals surface area contributed by atoms with E-state index in [1.165, 1.54) is 69.9 Å². The predicted octanol–water partition coefficient (Wildman–Crippen LogP) is 4.52. The molecule has 4 N–H and O–H groups in total. The van der Waals surface area contributed by atoms with Gasteiger partial charge in [0.1, 0.15) is 5.60 Å². The summed E-state index contributed by atoms with van der Waals surface area (Å²) in [6.45, 7) is 2.24. The maximum atomic E-state index is 10.7. The predicted molar refractivity (Wildman–Crippen MR) is 120 cm³/mol. The number of hydrogen-bond acceptors (Lipinski definition) is 5. The number of aliphatic hydroxyl groups excluding tert-OH is 2. The Morgan fingerprint density at radius 1 is 0.967 bits per heavy atom. The molecule has 1 saturated heterocycles. The quantitative estimate of drug-likeness (QED) is 0.229. The summed E-state index contributed by atoms with van der Waals surface area (Å²) in [5.41, 5.74) is -1.48. The van der Waals surface area contributed by atoms with E-state index in [0.29, 0.717) is 12.8 Å². The zero-order valence-corrected chi connectivity index (χ0v) is 18.8. The Bertz CT molecular complexity index is 534. The lowest BCUT2D eigenvalue weighted by Crippen LogP contribution is -2.53. The van der Waals surface area contributed by atoms with Crippen LogP contribution in [-0.2, 0) is 4.74 Å². The van der Waals surface area contributed by atoms with Crippen molar-refractivity contribution < 1.29 is 25.2 Å². The van der Waals surface area contributed by atoms with Gasteiger partial charge in [0.15, 0.2) is 0 Å². The summed E-state index contributed by atoms with van der Waals surface area (Å²) in [6, 6.07) is 0. The number of hydrogen-bond donors (Lipinski definition) is 4. The van der Waals surface area contributed by atoms with E-state index in [1.54, 1.807) is 0 Å². The van der Waals surface area contributed by atoms with Gasteiger partial charge in [0.25, 0.3) is 0 Å². The molecule has 5 nitrogen and oxygen atoms in total. The largest absolute Gasteiger partial charge is 0.393 e. The summed E-state index contributed by atoms with van der Waals surface area (Å²) >= 11 is 0. The molecule has 2 unspecified atom stereocenters. The summed E-state index contributed by atoms with van der Waals surface area (Å²) < 4.78 is 5.63. The van der Waals surface area contributed by atoms with Crippen LogP contribution in [0.5, 0.6) is 0 Å². The van der Waals surface area contributed by atoms with Crippen LogP contribution in [0.4, 0.5) is 0 Å². The van der Waals surface area contributed by atoms with Crippen LogP contribution in [0.2, 0.25) is 0 Å². The third kappa shape index (κ3) is 8.08. The molecule has 30 heavy (non-hydrogen) atoms. The van der Waals surface area contributed by atoms with Gasteiger partial charge in [0.05, 0.1) is 18.3 Å². The van der Waals surface area contributed by atoms with E-state index in [2.05, 4.69) is 19.1 Å². The van der Waals surface area contributed by atoms with Gasteiger partial charge < -0.3 is 25.2 Å². The fraction of sp³-hybridized carbons (Fsp3) is 0.840. The molecule has 174 valence electrons. The smallest absolute Gasteiger partial charge is 0.215 e. The van der Waals surface area contributed by atoms with Crippen molar-refractivity contribution in [3.63, 3.8) is 0 Å². The lowest BCUT2D eigenvalue weighted by Gasteiger charge is -2.38. The van der Waals surface area contributed by atoms with Crippen molar-refractivity contribution in [1.82, 2.24) is 0 Å². The van der Waals surface area contributed by atoms with E-state index in [1.807, 2.05) is 0 Å². The molecule has 1 fully saturated rings. The molecular formula is C25H44O5. The van der Waals surface area contributed by atoms with Crippen molar-refractivity contribution in [1.29, 1.82) is 0 Å². The number of aliphatic hydroxyl groups is 4. The molecule has 1 heterocycles. The Morgan fingerprint density at radius 3 is 2.30 bits per heavy atom. The normalized spacial score (nSPS) is 32.0. The molecule has 5 heteroatoms. The summed E-state index contributed by atoms with van der Waals surface area (Å²) in [6.07, 6.45) is 20.6. The highest BCUT2D eigenvalue weighted by molar-refractivity contribution is 5.19. The van der Waals surface area contributed by atoms with Crippen LogP contribution in [-0.4, -0.2) is 50.1 Å².